The summed E-state index contributed by atoms with van der Waals surface area (Å²) in [5.74, 6) is 0.614. The molecular formula is C33H36Cl2Zr. The Morgan fingerprint density at radius 3 is 1.47 bits per heavy atom. The number of allylic oxidation sites excluding steroid dienone is 8. The topological polar surface area (TPSA) is 0 Å². The second-order valence-electron chi connectivity index (χ2n) is 12.3. The van der Waals surface area contributed by atoms with Crippen LogP contribution in [0.25, 0.3) is 22.3 Å². The quantitative estimate of drug-likeness (QED) is 0.502. The maximum absolute atomic E-state index is 2.62. The average molecular weight is 595 g/mol. The maximum Gasteiger partial charge on any atom is -1.00 e. The van der Waals surface area contributed by atoms with Crippen molar-refractivity contribution in [3.05, 3.63) is 90.3 Å². The van der Waals surface area contributed by atoms with Crippen molar-refractivity contribution in [3.8, 4) is 11.1 Å². The third kappa shape index (κ3) is 3.87. The minimum absolute atomic E-state index is 0. The van der Waals surface area contributed by atoms with Crippen molar-refractivity contribution in [3.63, 3.8) is 0 Å². The molecule has 4 aliphatic carbocycles. The van der Waals surface area contributed by atoms with Crippen molar-refractivity contribution in [2.24, 2.45) is 5.92 Å². The van der Waals surface area contributed by atoms with Gasteiger partial charge in [0.05, 0.1) is 0 Å². The number of halogens is 2. The Hall–Kier alpha value is -1.14. The third-order valence-electron chi connectivity index (χ3n) is 8.93. The van der Waals surface area contributed by atoms with Gasteiger partial charge >= 0.3 is 218 Å². The van der Waals surface area contributed by atoms with E-state index in [4.69, 9.17) is 0 Å². The van der Waals surface area contributed by atoms with Crippen LogP contribution >= 0.6 is 0 Å². The molecule has 2 aromatic rings. The molecule has 0 bridgehead atoms. The first-order chi connectivity index (χ1) is 15.9. The summed E-state index contributed by atoms with van der Waals surface area (Å²) < 4.78 is 2.40. The monoisotopic (exact) mass is 592 g/mol. The third-order valence-corrected chi connectivity index (χ3v) is 14.0. The Kier molecular flexibility index (Phi) is 6.95. The standard InChI is InChI=1S/C25H25.C8H11.2ClH.Zr/c1-14-12-24(3,4)22-8-16-7-17-9-23-19(15(2)13-25(23,5)6)11-21(17)20(16)10-18(14)22;1-6-4-7(2)8(3)5-6;;;/h7-13H,1-6H3;4,6H,1-3H3;2*1H;/q;;;;+2/p-2. The molecule has 2 aromatic carbocycles. The number of fused-ring (bicyclic) bond motifs is 5. The first-order valence-electron chi connectivity index (χ1n) is 12.8. The van der Waals surface area contributed by atoms with Gasteiger partial charge in [0.25, 0.3) is 0 Å². The first-order valence-corrected chi connectivity index (χ1v) is 15.5. The Balaban J connectivity index is 0.00000152. The summed E-state index contributed by atoms with van der Waals surface area (Å²) in [6.45, 7) is 21.2. The smallest absolute Gasteiger partial charge is 1.00 e. The molecule has 186 valence electrons. The summed E-state index contributed by atoms with van der Waals surface area (Å²) in [5, 5.41) is 0. The largest absolute Gasteiger partial charge is 1.00 e. The van der Waals surface area contributed by atoms with Gasteiger partial charge in [-0.1, -0.05) is 0 Å². The SMILES string of the molecule is CC1=CC(C)[C]([Zr+2][CH]2c3cc4c(cc3-c3cc5c(cc32)C(C)(C)C=C5C)C(C)=CC4(C)C)=C1C.[Cl-].[Cl-]. The summed E-state index contributed by atoms with van der Waals surface area (Å²) in [6, 6.07) is 10.4. The Labute approximate surface area is 241 Å². The van der Waals surface area contributed by atoms with Gasteiger partial charge in [-0.3, -0.25) is 0 Å². The molecule has 0 heterocycles. The van der Waals surface area contributed by atoms with Gasteiger partial charge in [0.15, 0.2) is 0 Å². The van der Waals surface area contributed by atoms with Crippen LogP contribution in [-0.4, -0.2) is 0 Å². The Bertz CT molecular complexity index is 1340. The van der Waals surface area contributed by atoms with E-state index in [2.05, 4.69) is 105 Å². The number of rotatable bonds is 2. The van der Waals surface area contributed by atoms with Crippen molar-refractivity contribution >= 4 is 11.1 Å². The summed E-state index contributed by atoms with van der Waals surface area (Å²) in [4.78, 5) is 0. The number of hydrogen-bond acceptors (Lipinski definition) is 0. The zero-order valence-electron chi connectivity index (χ0n) is 23.0. The van der Waals surface area contributed by atoms with Crippen LogP contribution in [0.15, 0.2) is 56.9 Å². The molecule has 0 fully saturated rings. The summed E-state index contributed by atoms with van der Waals surface area (Å²) in [7, 11) is 0. The van der Waals surface area contributed by atoms with Crippen LogP contribution in [-0.2, 0) is 34.1 Å². The van der Waals surface area contributed by atoms with Crippen LogP contribution in [0.5, 0.6) is 0 Å². The zero-order valence-corrected chi connectivity index (χ0v) is 26.9. The molecule has 6 rings (SSSR count). The zero-order chi connectivity index (χ0) is 24.3. The fourth-order valence-corrected chi connectivity index (χ4v) is 11.7. The molecule has 0 aromatic heterocycles. The molecule has 0 N–H and O–H groups in total. The fraction of sp³-hybridized carbons (Fsp3) is 0.394. The van der Waals surface area contributed by atoms with Gasteiger partial charge < -0.3 is 24.8 Å². The molecule has 36 heavy (non-hydrogen) atoms. The number of hydrogen-bond donors (Lipinski definition) is 0. The van der Waals surface area contributed by atoms with E-state index >= 15 is 0 Å². The predicted molar refractivity (Wildman–Crippen MR) is 143 cm³/mol. The van der Waals surface area contributed by atoms with Crippen LogP contribution in [0.3, 0.4) is 0 Å². The molecule has 0 aliphatic heterocycles. The van der Waals surface area contributed by atoms with Crippen molar-refractivity contribution < 1.29 is 48.0 Å². The molecule has 3 heteroatoms. The Morgan fingerprint density at radius 1 is 0.639 bits per heavy atom. The Morgan fingerprint density at radius 2 is 1.08 bits per heavy atom. The minimum atomic E-state index is -0.883. The predicted octanol–water partition coefficient (Wildman–Crippen LogP) is 3.11. The van der Waals surface area contributed by atoms with Crippen LogP contribution in [0.1, 0.15) is 99.3 Å². The van der Waals surface area contributed by atoms with Gasteiger partial charge in [-0.15, -0.1) is 0 Å². The average Bonchev–Trinajstić information content (AvgIpc) is 3.35. The van der Waals surface area contributed by atoms with E-state index < -0.39 is 23.2 Å². The molecule has 0 spiro atoms. The second-order valence-corrected chi connectivity index (χ2v) is 15.8. The summed E-state index contributed by atoms with van der Waals surface area (Å²) in [5.41, 5.74) is 18.5. The van der Waals surface area contributed by atoms with Crippen molar-refractivity contribution in [1.82, 2.24) is 0 Å². The molecule has 0 amide bonds. The summed E-state index contributed by atoms with van der Waals surface area (Å²) >= 11 is -0.883. The van der Waals surface area contributed by atoms with Crippen LogP contribution in [0, 0.1) is 5.92 Å². The molecule has 0 nitrogen and oxygen atoms in total. The molecule has 0 radical (unpaired) electrons. The fourth-order valence-electron chi connectivity index (χ4n) is 7.14. The molecule has 0 saturated carbocycles. The van der Waals surface area contributed by atoms with E-state index in [1.54, 1.807) is 20.0 Å². The molecular weight excluding hydrogens is 558 g/mol. The van der Waals surface area contributed by atoms with Crippen LogP contribution in [0.2, 0.25) is 0 Å². The first kappa shape index (κ1) is 27.9. The van der Waals surface area contributed by atoms with Crippen molar-refractivity contribution in [1.29, 1.82) is 0 Å². The normalized spacial score (nSPS) is 21.9. The van der Waals surface area contributed by atoms with E-state index in [1.165, 1.54) is 50.1 Å². The van der Waals surface area contributed by atoms with Gasteiger partial charge in [0, 0.05) is 0 Å². The van der Waals surface area contributed by atoms with Gasteiger partial charge in [-0.25, -0.2) is 0 Å². The number of benzene rings is 2. The van der Waals surface area contributed by atoms with E-state index in [9.17, 15) is 0 Å². The van der Waals surface area contributed by atoms with E-state index in [-0.39, 0.29) is 35.6 Å². The minimum Gasteiger partial charge on any atom is -1.00 e. The van der Waals surface area contributed by atoms with Crippen molar-refractivity contribution in [2.45, 2.75) is 76.8 Å². The second kappa shape index (κ2) is 8.97. The molecule has 1 atom stereocenters. The van der Waals surface area contributed by atoms with Gasteiger partial charge in [-0.2, -0.15) is 0 Å². The van der Waals surface area contributed by atoms with Gasteiger partial charge in [-0.05, 0) is 0 Å². The van der Waals surface area contributed by atoms with Crippen molar-refractivity contribution in [2.75, 3.05) is 0 Å². The van der Waals surface area contributed by atoms with E-state index in [0.29, 0.717) is 9.54 Å². The van der Waals surface area contributed by atoms with Gasteiger partial charge in [0.1, 0.15) is 0 Å². The van der Waals surface area contributed by atoms with E-state index in [1.807, 2.05) is 0 Å². The van der Waals surface area contributed by atoms with Gasteiger partial charge in [0.2, 0.25) is 0 Å². The van der Waals surface area contributed by atoms with Crippen LogP contribution < -0.4 is 24.8 Å². The summed E-state index contributed by atoms with van der Waals surface area (Å²) in [6.07, 6.45) is 7.44. The molecule has 0 saturated heterocycles. The van der Waals surface area contributed by atoms with E-state index in [0.717, 1.165) is 0 Å². The molecule has 1 unspecified atom stereocenters. The van der Waals surface area contributed by atoms with Crippen LogP contribution in [0.4, 0.5) is 0 Å². The maximum atomic E-state index is 2.62. The molecule has 4 aliphatic rings.